The van der Waals surface area contributed by atoms with Crippen molar-refractivity contribution in [1.82, 2.24) is 0 Å². The molecule has 0 heterocycles. The van der Waals surface area contributed by atoms with Crippen molar-refractivity contribution < 1.29 is 18.7 Å². The summed E-state index contributed by atoms with van der Waals surface area (Å²) < 4.78 is 26.5. The van der Waals surface area contributed by atoms with Gasteiger partial charge in [-0.25, -0.2) is 8.78 Å². The summed E-state index contributed by atoms with van der Waals surface area (Å²) in [5, 5.41) is 9.35. The fourth-order valence-electron chi connectivity index (χ4n) is 1.32. The molecule has 1 N–H and O–H groups in total. The van der Waals surface area contributed by atoms with Gasteiger partial charge in [-0.05, 0) is 27.9 Å². The lowest BCUT2D eigenvalue weighted by molar-refractivity contribution is -0.108. The van der Waals surface area contributed by atoms with E-state index in [9.17, 15) is 18.7 Å². The molecule has 2 nitrogen and oxygen atoms in total. The second kappa shape index (κ2) is 4.70. The van der Waals surface area contributed by atoms with E-state index in [0.717, 1.165) is 6.07 Å². The van der Waals surface area contributed by atoms with Gasteiger partial charge in [0.15, 0.2) is 11.6 Å². The minimum Gasteiger partial charge on any atom is -0.505 e. The quantitative estimate of drug-likeness (QED) is 0.681. The van der Waals surface area contributed by atoms with Crippen LogP contribution < -0.4 is 0 Å². The summed E-state index contributed by atoms with van der Waals surface area (Å²) in [5.41, 5.74) is -0.172. The highest BCUT2D eigenvalue weighted by Crippen LogP contribution is 2.36. The van der Waals surface area contributed by atoms with Gasteiger partial charge in [0.05, 0.1) is 4.47 Å². The highest BCUT2D eigenvalue weighted by atomic mass is 79.9. The minimum absolute atomic E-state index is 0.0281. The molecule has 1 aromatic rings. The molecular weight excluding hydrogens is 270 g/mol. The van der Waals surface area contributed by atoms with Gasteiger partial charge in [0.1, 0.15) is 12.1 Å². The Morgan fingerprint density at radius 2 is 2.20 bits per heavy atom. The van der Waals surface area contributed by atoms with Crippen LogP contribution in [0.25, 0.3) is 0 Å². The van der Waals surface area contributed by atoms with Gasteiger partial charge in [0.2, 0.25) is 0 Å². The van der Waals surface area contributed by atoms with Crippen LogP contribution in [-0.4, -0.2) is 11.4 Å². The number of benzene rings is 1. The Labute approximate surface area is 94.0 Å². The summed E-state index contributed by atoms with van der Waals surface area (Å²) in [6.07, 6.45) is 0.628. The Kier molecular flexibility index (Phi) is 3.79. The van der Waals surface area contributed by atoms with E-state index in [4.69, 9.17) is 0 Å². The average molecular weight is 279 g/mol. The van der Waals surface area contributed by atoms with Crippen molar-refractivity contribution in [2.24, 2.45) is 0 Å². The molecule has 1 rings (SSSR count). The molecule has 0 amide bonds. The van der Waals surface area contributed by atoms with Crippen molar-refractivity contribution in [2.75, 3.05) is 0 Å². The van der Waals surface area contributed by atoms with Crippen LogP contribution in [0.1, 0.15) is 24.8 Å². The number of phenolic OH excluding ortho intramolecular Hbond substituents is 1. The largest absolute Gasteiger partial charge is 0.505 e. The topological polar surface area (TPSA) is 37.3 Å². The Morgan fingerprint density at radius 1 is 1.60 bits per heavy atom. The first-order valence-electron chi connectivity index (χ1n) is 4.29. The minimum atomic E-state index is -0.906. The molecule has 82 valence electrons. The maximum absolute atomic E-state index is 13.5. The summed E-state index contributed by atoms with van der Waals surface area (Å²) in [6.45, 7) is 1.54. The number of carbonyl (C=O) groups excluding carboxylic acids is 1. The van der Waals surface area contributed by atoms with E-state index < -0.39 is 23.3 Å². The second-order valence-electron chi connectivity index (χ2n) is 3.22. The molecule has 0 spiro atoms. The first-order valence-corrected chi connectivity index (χ1v) is 5.08. The van der Waals surface area contributed by atoms with Crippen molar-refractivity contribution >= 4 is 22.2 Å². The molecule has 0 saturated carbocycles. The van der Waals surface area contributed by atoms with Crippen LogP contribution in [-0.2, 0) is 4.79 Å². The van der Waals surface area contributed by atoms with Gasteiger partial charge < -0.3 is 9.90 Å². The van der Waals surface area contributed by atoms with Gasteiger partial charge in [0.25, 0.3) is 0 Å². The predicted molar refractivity (Wildman–Crippen MR) is 54.8 cm³/mol. The van der Waals surface area contributed by atoms with E-state index in [0.29, 0.717) is 6.29 Å². The number of aldehydes is 1. The number of aromatic hydroxyl groups is 1. The Morgan fingerprint density at radius 3 is 2.73 bits per heavy atom. The van der Waals surface area contributed by atoms with E-state index in [2.05, 4.69) is 15.9 Å². The number of hydrogen-bond acceptors (Lipinski definition) is 2. The molecule has 1 aromatic carbocycles. The molecule has 1 unspecified atom stereocenters. The smallest absolute Gasteiger partial charge is 0.166 e. The van der Waals surface area contributed by atoms with E-state index >= 15 is 0 Å². The molecule has 0 aliphatic heterocycles. The lowest BCUT2D eigenvalue weighted by atomic mass is 9.96. The summed E-state index contributed by atoms with van der Waals surface area (Å²) in [7, 11) is 0. The van der Waals surface area contributed by atoms with E-state index in [1.54, 1.807) is 6.92 Å². The van der Waals surface area contributed by atoms with E-state index in [1.165, 1.54) is 0 Å². The molecule has 0 fully saturated rings. The van der Waals surface area contributed by atoms with Crippen LogP contribution in [0.2, 0.25) is 0 Å². The molecule has 0 aliphatic rings. The van der Waals surface area contributed by atoms with Crippen molar-refractivity contribution in [2.45, 2.75) is 19.3 Å². The molecule has 5 heteroatoms. The summed E-state index contributed by atoms with van der Waals surface area (Å²) in [5.74, 6) is -2.93. The Balaban J connectivity index is 3.31. The fraction of sp³-hybridized carbons (Fsp3) is 0.300. The summed E-state index contributed by atoms with van der Waals surface area (Å²) in [6, 6.07) is 0.849. The number of halogens is 3. The number of rotatable bonds is 3. The highest BCUT2D eigenvalue weighted by molar-refractivity contribution is 9.10. The molecule has 0 aliphatic carbocycles. The molecular formula is C10H9BrF2O2. The third kappa shape index (κ3) is 2.34. The van der Waals surface area contributed by atoms with Gasteiger partial charge in [-0.2, -0.15) is 0 Å². The monoisotopic (exact) mass is 278 g/mol. The van der Waals surface area contributed by atoms with Gasteiger partial charge >= 0.3 is 0 Å². The summed E-state index contributed by atoms with van der Waals surface area (Å²) in [4.78, 5) is 10.3. The van der Waals surface area contributed by atoms with E-state index in [1.807, 2.05) is 0 Å². The molecule has 0 aromatic heterocycles. The van der Waals surface area contributed by atoms with Crippen LogP contribution in [0.3, 0.4) is 0 Å². The maximum atomic E-state index is 13.5. The zero-order valence-electron chi connectivity index (χ0n) is 7.93. The fourth-order valence-corrected chi connectivity index (χ4v) is 1.73. The second-order valence-corrected chi connectivity index (χ2v) is 4.07. The van der Waals surface area contributed by atoms with Crippen molar-refractivity contribution in [3.8, 4) is 5.75 Å². The zero-order chi connectivity index (χ0) is 11.6. The maximum Gasteiger partial charge on any atom is 0.166 e. The highest BCUT2D eigenvalue weighted by Gasteiger charge is 2.21. The third-order valence-electron chi connectivity index (χ3n) is 2.12. The molecule has 1 atom stereocenters. The molecule has 0 saturated heterocycles. The molecule has 0 bridgehead atoms. The lowest BCUT2D eigenvalue weighted by Gasteiger charge is -2.13. The first kappa shape index (κ1) is 12.1. The van der Waals surface area contributed by atoms with Crippen molar-refractivity contribution in [3.63, 3.8) is 0 Å². The third-order valence-corrected chi connectivity index (χ3v) is 2.70. The van der Waals surface area contributed by atoms with Gasteiger partial charge in [-0.15, -0.1) is 0 Å². The number of hydrogen-bond donors (Lipinski definition) is 1. The summed E-state index contributed by atoms with van der Waals surface area (Å²) >= 11 is 2.84. The Bertz CT molecular complexity index is 367. The molecule has 0 radical (unpaired) electrons. The lowest BCUT2D eigenvalue weighted by Crippen LogP contribution is -2.01. The van der Waals surface area contributed by atoms with Gasteiger partial charge in [-0.1, -0.05) is 6.92 Å². The van der Waals surface area contributed by atoms with Crippen LogP contribution in [0, 0.1) is 11.6 Å². The van der Waals surface area contributed by atoms with Crippen molar-refractivity contribution in [3.05, 3.63) is 27.7 Å². The first-order chi connectivity index (χ1) is 6.99. The average Bonchev–Trinajstić information content (AvgIpc) is 2.16. The van der Waals surface area contributed by atoms with Crippen LogP contribution >= 0.6 is 15.9 Å². The molecule has 15 heavy (non-hydrogen) atoms. The van der Waals surface area contributed by atoms with Crippen molar-refractivity contribution in [1.29, 1.82) is 0 Å². The number of carbonyl (C=O) groups is 1. The predicted octanol–water partition coefficient (Wildman–Crippen LogP) is 3.13. The normalized spacial score (nSPS) is 12.5. The van der Waals surface area contributed by atoms with Crippen LogP contribution in [0.4, 0.5) is 8.78 Å². The van der Waals surface area contributed by atoms with E-state index in [-0.39, 0.29) is 16.5 Å². The Hall–Kier alpha value is -0.970. The SMILES string of the molecule is CC(CC=O)c1c(O)c(F)cc(Br)c1F. The van der Waals surface area contributed by atoms with Crippen LogP contribution in [0.5, 0.6) is 5.75 Å². The van der Waals surface area contributed by atoms with Gasteiger partial charge in [0, 0.05) is 12.0 Å². The van der Waals surface area contributed by atoms with Crippen LogP contribution in [0.15, 0.2) is 10.5 Å². The van der Waals surface area contributed by atoms with Gasteiger partial charge in [-0.3, -0.25) is 0 Å². The number of phenols is 1. The standard InChI is InChI=1S/C10H9BrF2O2/c1-5(2-3-14)8-9(13)6(11)4-7(12)10(8)15/h3-5,15H,2H2,1H3. The zero-order valence-corrected chi connectivity index (χ0v) is 9.51.